The molecule has 2 aromatic carbocycles. The molecule has 0 fully saturated rings. The summed E-state index contributed by atoms with van der Waals surface area (Å²) in [6, 6.07) is 14.7. The molecule has 0 spiro atoms. The van der Waals surface area contributed by atoms with E-state index in [2.05, 4.69) is 11.9 Å². The molecule has 2 aromatic rings. The Morgan fingerprint density at radius 3 is 2.71 bits per heavy atom. The van der Waals surface area contributed by atoms with Crippen LogP contribution in [0.4, 0.5) is 0 Å². The number of benzene rings is 2. The molecule has 164 valence electrons. The zero-order chi connectivity index (χ0) is 22.3. The largest absolute Gasteiger partial charge is 0.497 e. The van der Waals surface area contributed by atoms with Crippen molar-refractivity contribution in [2.24, 2.45) is 4.99 Å². The van der Waals surface area contributed by atoms with E-state index in [0.717, 1.165) is 11.1 Å². The molecule has 0 aliphatic carbocycles. The van der Waals surface area contributed by atoms with Gasteiger partial charge in [0.05, 0.1) is 13.7 Å². The van der Waals surface area contributed by atoms with Crippen LogP contribution >= 0.6 is 0 Å². The Kier molecular flexibility index (Phi) is 7.31. The number of aliphatic imine (C=N–C) groups is 1. The van der Waals surface area contributed by atoms with Crippen molar-refractivity contribution in [2.45, 2.75) is 24.5 Å². The molecular weight excluding hydrogens is 396 g/mol. The fourth-order valence-electron chi connectivity index (χ4n) is 3.56. The van der Waals surface area contributed by atoms with E-state index >= 15 is 0 Å². The van der Waals surface area contributed by atoms with Gasteiger partial charge in [0.25, 0.3) is 5.91 Å². The molecule has 0 saturated heterocycles. The van der Waals surface area contributed by atoms with Crippen LogP contribution in [0.15, 0.2) is 66.2 Å². The third-order valence-electron chi connectivity index (χ3n) is 5.11. The summed E-state index contributed by atoms with van der Waals surface area (Å²) >= 11 is 0. The molecule has 1 heterocycles. The average molecular weight is 424 g/mol. The zero-order valence-electron chi connectivity index (χ0n) is 17.8. The molecule has 0 bridgehead atoms. The smallest absolute Gasteiger partial charge is 0.252 e. The van der Waals surface area contributed by atoms with Gasteiger partial charge in [-0.3, -0.25) is 4.79 Å². The van der Waals surface area contributed by atoms with Gasteiger partial charge in [0.15, 0.2) is 11.6 Å². The molecule has 1 amide bonds. The lowest BCUT2D eigenvalue weighted by Gasteiger charge is -2.29. The van der Waals surface area contributed by atoms with Crippen LogP contribution in [0.2, 0.25) is 0 Å². The summed E-state index contributed by atoms with van der Waals surface area (Å²) in [7, 11) is 3.18. The Morgan fingerprint density at radius 1 is 1.29 bits per heavy atom. The summed E-state index contributed by atoms with van der Waals surface area (Å²) in [6.45, 7) is 4.35. The number of nitrogens with zero attached hydrogens (tertiary/aromatic N) is 1. The molecule has 1 aliphatic heterocycles. The minimum Gasteiger partial charge on any atom is -0.497 e. The highest BCUT2D eigenvalue weighted by Gasteiger charge is 2.52. The molecule has 0 unspecified atom stereocenters. The third kappa shape index (κ3) is 4.72. The van der Waals surface area contributed by atoms with Crippen molar-refractivity contribution in [2.75, 3.05) is 27.4 Å². The number of methoxy groups -OCH3 is 1. The Balaban J connectivity index is 1.97. The zero-order valence-corrected chi connectivity index (χ0v) is 17.8. The van der Waals surface area contributed by atoms with Crippen LogP contribution in [0, 0.1) is 0 Å². The van der Waals surface area contributed by atoms with Crippen LogP contribution in [-0.2, 0) is 9.53 Å². The lowest BCUT2D eigenvalue weighted by atomic mass is 9.84. The minimum atomic E-state index is -1.19. The number of rotatable bonds is 10. The second-order valence-corrected chi connectivity index (χ2v) is 7.14. The van der Waals surface area contributed by atoms with Crippen LogP contribution in [0.25, 0.3) is 0 Å². The Hall–Kier alpha value is -3.32. The van der Waals surface area contributed by atoms with Crippen molar-refractivity contribution in [1.29, 1.82) is 0 Å². The minimum absolute atomic E-state index is 0.0826. The third-order valence-corrected chi connectivity index (χ3v) is 5.11. The number of carbonyl (C=O) groups is 1. The predicted octanol–water partition coefficient (Wildman–Crippen LogP) is 3.04. The van der Waals surface area contributed by atoms with Crippen molar-refractivity contribution >= 4 is 11.8 Å². The van der Waals surface area contributed by atoms with Gasteiger partial charge >= 0.3 is 0 Å². The van der Waals surface area contributed by atoms with Crippen LogP contribution in [0.3, 0.4) is 0 Å². The van der Waals surface area contributed by atoms with E-state index in [4.69, 9.17) is 24.3 Å². The number of ether oxygens (including phenoxy) is 3. The molecule has 31 heavy (non-hydrogen) atoms. The van der Waals surface area contributed by atoms with E-state index in [1.54, 1.807) is 20.2 Å². The van der Waals surface area contributed by atoms with Gasteiger partial charge in [-0.25, -0.2) is 4.99 Å². The number of aliphatic hydroxyl groups is 1. The summed E-state index contributed by atoms with van der Waals surface area (Å²) in [5.41, 5.74) is 0.332. The first kappa shape index (κ1) is 22.4. The van der Waals surface area contributed by atoms with Crippen molar-refractivity contribution in [1.82, 2.24) is 5.32 Å². The Labute approximate surface area is 182 Å². The summed E-state index contributed by atoms with van der Waals surface area (Å²) in [5.74, 6) is 1.48. The van der Waals surface area contributed by atoms with Gasteiger partial charge in [0, 0.05) is 32.1 Å². The number of nitrogens with one attached hydrogen (secondary N) is 1. The van der Waals surface area contributed by atoms with E-state index in [1.807, 2.05) is 48.5 Å². The van der Waals surface area contributed by atoms with Crippen LogP contribution < -0.4 is 14.8 Å². The maximum atomic E-state index is 13.0. The van der Waals surface area contributed by atoms with Crippen LogP contribution in [0.5, 0.6) is 11.5 Å². The molecule has 7 heteroatoms. The van der Waals surface area contributed by atoms with Gasteiger partial charge in [-0.2, -0.15) is 0 Å². The second kappa shape index (κ2) is 10.1. The van der Waals surface area contributed by atoms with E-state index in [9.17, 15) is 4.79 Å². The number of hydrogen-bond donors (Lipinski definition) is 2. The van der Waals surface area contributed by atoms with Crippen molar-refractivity contribution in [3.05, 3.63) is 72.3 Å². The first-order chi connectivity index (χ1) is 15.1. The SMILES string of the molecule is C=CC[C@@]1(C(=O)NC)N=C(c2ccc(OCCCO)cc2)O[C@@H]1c1cccc(OC)c1. The van der Waals surface area contributed by atoms with Crippen molar-refractivity contribution in [3.8, 4) is 11.5 Å². The predicted molar refractivity (Wildman–Crippen MR) is 119 cm³/mol. The Bertz CT molecular complexity index is 941. The normalized spacial score (nSPS) is 19.8. The first-order valence-electron chi connectivity index (χ1n) is 10.2. The number of amides is 1. The van der Waals surface area contributed by atoms with Gasteiger partial charge in [-0.05, 0) is 42.0 Å². The lowest BCUT2D eigenvalue weighted by molar-refractivity contribution is -0.128. The molecule has 0 saturated carbocycles. The number of likely N-dealkylation sites (N-methyl/N-ethyl adjacent to an activating group) is 1. The number of hydrogen-bond acceptors (Lipinski definition) is 6. The fourth-order valence-corrected chi connectivity index (χ4v) is 3.56. The van der Waals surface area contributed by atoms with E-state index < -0.39 is 11.6 Å². The summed E-state index contributed by atoms with van der Waals surface area (Å²) in [6.07, 6.45) is 1.91. The van der Waals surface area contributed by atoms with Gasteiger partial charge in [-0.1, -0.05) is 18.2 Å². The maximum absolute atomic E-state index is 13.0. The molecule has 7 nitrogen and oxygen atoms in total. The highest BCUT2D eigenvalue weighted by molar-refractivity contribution is 6.01. The topological polar surface area (TPSA) is 89.4 Å². The van der Waals surface area contributed by atoms with Gasteiger partial charge < -0.3 is 24.6 Å². The highest BCUT2D eigenvalue weighted by atomic mass is 16.5. The summed E-state index contributed by atoms with van der Waals surface area (Å²) < 4.78 is 17.2. The monoisotopic (exact) mass is 424 g/mol. The number of aliphatic hydroxyl groups excluding tert-OH is 1. The summed E-state index contributed by atoms with van der Waals surface area (Å²) in [4.78, 5) is 17.8. The lowest BCUT2D eigenvalue weighted by Crippen LogP contribution is -2.46. The van der Waals surface area contributed by atoms with Gasteiger partial charge in [0.1, 0.15) is 11.5 Å². The standard InChI is InChI=1S/C24H28N2O5/c1-4-13-24(23(28)25-2)21(18-7-5-8-20(16-18)29-3)31-22(26-24)17-9-11-19(12-10-17)30-15-6-14-27/h4-5,7-12,16,21,27H,1,6,13-15H2,2-3H3,(H,25,28)/t21-,24-/m1/s1. The van der Waals surface area contributed by atoms with E-state index in [0.29, 0.717) is 36.8 Å². The maximum Gasteiger partial charge on any atom is 0.252 e. The number of carbonyl (C=O) groups excluding carboxylic acids is 1. The second-order valence-electron chi connectivity index (χ2n) is 7.14. The quantitative estimate of drug-likeness (QED) is 0.452. The van der Waals surface area contributed by atoms with E-state index in [1.165, 1.54) is 0 Å². The van der Waals surface area contributed by atoms with Crippen molar-refractivity contribution in [3.63, 3.8) is 0 Å². The fraction of sp³-hybridized carbons (Fsp3) is 0.333. The molecule has 3 rings (SSSR count). The molecule has 0 radical (unpaired) electrons. The molecular formula is C24H28N2O5. The summed E-state index contributed by atoms with van der Waals surface area (Å²) in [5, 5.41) is 11.6. The van der Waals surface area contributed by atoms with Crippen molar-refractivity contribution < 1.29 is 24.1 Å². The molecule has 2 N–H and O–H groups in total. The van der Waals surface area contributed by atoms with Gasteiger partial charge in [0.2, 0.25) is 5.90 Å². The molecule has 0 aromatic heterocycles. The van der Waals surface area contributed by atoms with Crippen LogP contribution in [0.1, 0.15) is 30.1 Å². The van der Waals surface area contributed by atoms with Gasteiger partial charge in [-0.15, -0.1) is 6.58 Å². The Morgan fingerprint density at radius 2 is 2.06 bits per heavy atom. The average Bonchev–Trinajstić information content (AvgIpc) is 3.20. The van der Waals surface area contributed by atoms with E-state index in [-0.39, 0.29) is 12.5 Å². The molecule has 2 atom stereocenters. The first-order valence-corrected chi connectivity index (χ1v) is 10.2. The van der Waals surface area contributed by atoms with Crippen LogP contribution in [-0.4, -0.2) is 49.8 Å². The highest BCUT2D eigenvalue weighted by Crippen LogP contribution is 2.43. The molecule has 1 aliphatic rings.